The first-order valence-corrected chi connectivity index (χ1v) is 8.82. The van der Waals surface area contributed by atoms with E-state index in [4.69, 9.17) is 9.47 Å². The number of benzene rings is 2. The molecule has 2 aromatic rings. The van der Waals surface area contributed by atoms with E-state index in [-0.39, 0.29) is 37.2 Å². The molecule has 5 nitrogen and oxygen atoms in total. The van der Waals surface area contributed by atoms with Gasteiger partial charge in [0.25, 0.3) is 0 Å². The number of fused-ring (bicyclic) bond motifs is 1. The number of nitrogens with one attached hydrogen (secondary N) is 1. The number of hydrogen-bond donors (Lipinski definition) is 1. The van der Waals surface area contributed by atoms with Gasteiger partial charge < -0.3 is 14.8 Å². The molecule has 0 saturated heterocycles. The van der Waals surface area contributed by atoms with Crippen LogP contribution in [0.4, 0.5) is 13.2 Å². The van der Waals surface area contributed by atoms with Gasteiger partial charge in [0.1, 0.15) is 12.7 Å². The molecule has 0 aromatic heterocycles. The van der Waals surface area contributed by atoms with Crippen molar-refractivity contribution in [3.8, 4) is 11.5 Å². The van der Waals surface area contributed by atoms with Crippen molar-refractivity contribution in [1.82, 2.24) is 10.2 Å². The summed E-state index contributed by atoms with van der Waals surface area (Å²) >= 11 is 0. The van der Waals surface area contributed by atoms with Crippen molar-refractivity contribution in [2.24, 2.45) is 0 Å². The molecule has 1 aliphatic rings. The molecule has 0 spiro atoms. The van der Waals surface area contributed by atoms with Crippen molar-refractivity contribution in [1.29, 1.82) is 0 Å². The molecule has 0 fully saturated rings. The van der Waals surface area contributed by atoms with Gasteiger partial charge in [0.15, 0.2) is 11.5 Å². The highest BCUT2D eigenvalue weighted by atomic mass is 19.4. The van der Waals surface area contributed by atoms with Crippen LogP contribution in [0.25, 0.3) is 0 Å². The fourth-order valence-electron chi connectivity index (χ4n) is 2.97. The molecule has 150 valence electrons. The third-order valence-electron chi connectivity index (χ3n) is 4.27. The number of hydrogen-bond acceptors (Lipinski definition) is 4. The number of likely N-dealkylation sites (N-methyl/N-ethyl adjacent to an activating group) is 1. The standard InChI is InChI=1S/C20H21F3N2O3/c1-25(11-14-6-2-3-7-16(14)20(21,22)23)12-19(26)24-10-15-13-27-17-8-4-5-9-18(17)28-15/h2-9,15H,10-13H2,1H3,(H,24,26). The topological polar surface area (TPSA) is 50.8 Å². The van der Waals surface area contributed by atoms with Crippen molar-refractivity contribution in [2.45, 2.75) is 18.8 Å². The maximum Gasteiger partial charge on any atom is 0.416 e. The second-order valence-electron chi connectivity index (χ2n) is 6.63. The Labute approximate surface area is 161 Å². The van der Waals surface area contributed by atoms with E-state index in [0.717, 1.165) is 6.07 Å². The zero-order valence-corrected chi connectivity index (χ0v) is 15.3. The largest absolute Gasteiger partial charge is 0.486 e. The Morgan fingerprint density at radius 2 is 1.82 bits per heavy atom. The third kappa shape index (κ3) is 5.16. The van der Waals surface area contributed by atoms with E-state index < -0.39 is 11.7 Å². The molecule has 2 aromatic carbocycles. The number of nitrogens with zero attached hydrogens (tertiary/aromatic N) is 1. The number of carbonyl (C=O) groups is 1. The molecule has 28 heavy (non-hydrogen) atoms. The maximum absolute atomic E-state index is 13.1. The summed E-state index contributed by atoms with van der Waals surface area (Å²) in [6.07, 6.45) is -4.75. The van der Waals surface area contributed by atoms with Gasteiger partial charge in [-0.25, -0.2) is 0 Å². The average Bonchev–Trinajstić information content (AvgIpc) is 2.65. The molecule has 1 amide bonds. The predicted octanol–water partition coefficient (Wildman–Crippen LogP) is 3.09. The fraction of sp³-hybridized carbons (Fsp3) is 0.350. The summed E-state index contributed by atoms with van der Waals surface area (Å²) in [5.74, 6) is 0.983. The first kappa shape index (κ1) is 20.0. The summed E-state index contributed by atoms with van der Waals surface area (Å²) in [6.45, 7) is 0.544. The lowest BCUT2D eigenvalue weighted by Gasteiger charge is -2.27. The first-order valence-electron chi connectivity index (χ1n) is 8.82. The minimum atomic E-state index is -4.42. The van der Waals surface area contributed by atoms with Gasteiger partial charge >= 0.3 is 6.18 Å². The van der Waals surface area contributed by atoms with Crippen molar-refractivity contribution in [3.63, 3.8) is 0 Å². The van der Waals surface area contributed by atoms with Crippen LogP contribution in [0.3, 0.4) is 0 Å². The minimum absolute atomic E-state index is 0.0134. The molecule has 0 bridgehead atoms. The second kappa shape index (κ2) is 8.52. The lowest BCUT2D eigenvalue weighted by atomic mass is 10.1. The second-order valence-corrected chi connectivity index (χ2v) is 6.63. The van der Waals surface area contributed by atoms with Crippen LogP contribution in [0.2, 0.25) is 0 Å². The van der Waals surface area contributed by atoms with Gasteiger partial charge in [-0.05, 0) is 30.8 Å². The minimum Gasteiger partial charge on any atom is -0.486 e. The molecule has 8 heteroatoms. The van der Waals surface area contributed by atoms with Gasteiger partial charge in [-0.3, -0.25) is 9.69 Å². The highest BCUT2D eigenvalue weighted by Gasteiger charge is 2.33. The van der Waals surface area contributed by atoms with Gasteiger partial charge in [-0.2, -0.15) is 13.2 Å². The van der Waals surface area contributed by atoms with Crippen LogP contribution in [0, 0.1) is 0 Å². The molecule has 1 aliphatic heterocycles. The van der Waals surface area contributed by atoms with Crippen LogP contribution < -0.4 is 14.8 Å². The summed E-state index contributed by atoms with van der Waals surface area (Å²) in [5.41, 5.74) is -0.556. The highest BCUT2D eigenvalue weighted by Crippen LogP contribution is 2.32. The molecule has 3 rings (SSSR count). The number of ether oxygens (including phenoxy) is 2. The number of rotatable bonds is 6. The summed E-state index contributed by atoms with van der Waals surface area (Å²) in [4.78, 5) is 13.7. The Morgan fingerprint density at radius 1 is 1.14 bits per heavy atom. The van der Waals surface area contributed by atoms with Gasteiger partial charge in [0.05, 0.1) is 18.7 Å². The molecule has 1 N–H and O–H groups in total. The number of carbonyl (C=O) groups excluding carboxylic acids is 1. The number of halogens is 3. The van der Waals surface area contributed by atoms with Crippen molar-refractivity contribution >= 4 is 5.91 Å². The fourth-order valence-corrected chi connectivity index (χ4v) is 2.97. The number of alkyl halides is 3. The lowest BCUT2D eigenvalue weighted by molar-refractivity contribution is -0.138. The van der Waals surface area contributed by atoms with E-state index in [2.05, 4.69) is 5.32 Å². The van der Waals surface area contributed by atoms with Crippen LogP contribution in [0.5, 0.6) is 11.5 Å². The Kier molecular flexibility index (Phi) is 6.08. The molecule has 0 saturated carbocycles. The normalized spacial score (nSPS) is 16.1. The SMILES string of the molecule is CN(CC(=O)NCC1COc2ccccc2O1)Cc1ccccc1C(F)(F)F. The summed E-state index contributed by atoms with van der Waals surface area (Å²) in [5, 5.41) is 2.74. The van der Waals surface area contributed by atoms with E-state index in [1.54, 1.807) is 25.2 Å². The van der Waals surface area contributed by atoms with E-state index in [9.17, 15) is 18.0 Å². The lowest BCUT2D eigenvalue weighted by Crippen LogP contribution is -2.43. The van der Waals surface area contributed by atoms with Gasteiger partial charge in [0.2, 0.25) is 5.91 Å². The van der Waals surface area contributed by atoms with Gasteiger partial charge in [-0.15, -0.1) is 0 Å². The smallest absolute Gasteiger partial charge is 0.416 e. The van der Waals surface area contributed by atoms with E-state index in [1.165, 1.54) is 17.0 Å². The van der Waals surface area contributed by atoms with Crippen LogP contribution in [0.15, 0.2) is 48.5 Å². The zero-order valence-electron chi connectivity index (χ0n) is 15.3. The predicted molar refractivity (Wildman–Crippen MR) is 97.1 cm³/mol. The van der Waals surface area contributed by atoms with Gasteiger partial charge in [-0.1, -0.05) is 30.3 Å². The van der Waals surface area contributed by atoms with E-state index in [1.807, 2.05) is 12.1 Å². The Hall–Kier alpha value is -2.74. The Bertz CT molecular complexity index is 826. The van der Waals surface area contributed by atoms with Gasteiger partial charge in [0, 0.05) is 6.54 Å². The quantitative estimate of drug-likeness (QED) is 0.818. The number of para-hydroxylation sites is 2. The average molecular weight is 394 g/mol. The zero-order chi connectivity index (χ0) is 20.1. The first-order chi connectivity index (χ1) is 13.3. The molecule has 1 atom stereocenters. The molecule has 0 radical (unpaired) electrons. The van der Waals surface area contributed by atoms with Crippen LogP contribution in [0.1, 0.15) is 11.1 Å². The third-order valence-corrected chi connectivity index (χ3v) is 4.27. The summed E-state index contributed by atoms with van der Waals surface area (Å²) in [7, 11) is 1.60. The summed E-state index contributed by atoms with van der Waals surface area (Å²) < 4.78 is 50.5. The Morgan fingerprint density at radius 3 is 2.57 bits per heavy atom. The van der Waals surface area contributed by atoms with E-state index >= 15 is 0 Å². The molecule has 1 unspecified atom stereocenters. The number of amides is 1. The molecular formula is C20H21F3N2O3. The molecule has 0 aliphatic carbocycles. The maximum atomic E-state index is 13.1. The van der Waals surface area contributed by atoms with Crippen LogP contribution in [-0.4, -0.2) is 43.7 Å². The van der Waals surface area contributed by atoms with Crippen molar-refractivity contribution in [2.75, 3.05) is 26.7 Å². The summed E-state index contributed by atoms with van der Waals surface area (Å²) in [6, 6.07) is 12.6. The van der Waals surface area contributed by atoms with Crippen LogP contribution >= 0.6 is 0 Å². The molecule has 1 heterocycles. The van der Waals surface area contributed by atoms with Crippen molar-refractivity contribution in [3.05, 3.63) is 59.7 Å². The molecular weight excluding hydrogens is 373 g/mol. The van der Waals surface area contributed by atoms with E-state index in [0.29, 0.717) is 18.1 Å². The Balaban J connectivity index is 1.48. The highest BCUT2D eigenvalue weighted by molar-refractivity contribution is 5.78. The monoisotopic (exact) mass is 394 g/mol. The van der Waals surface area contributed by atoms with Crippen molar-refractivity contribution < 1.29 is 27.4 Å². The van der Waals surface area contributed by atoms with Crippen LogP contribution in [-0.2, 0) is 17.5 Å².